The van der Waals surface area contributed by atoms with Gasteiger partial charge in [-0.3, -0.25) is 9.78 Å². The zero-order valence-electron chi connectivity index (χ0n) is 27.0. The maximum absolute atomic E-state index is 12.3. The van der Waals surface area contributed by atoms with E-state index in [0.717, 1.165) is 70.5 Å². The zero-order valence-corrected chi connectivity index (χ0v) is 28.0. The first-order chi connectivity index (χ1) is 21.2. The van der Waals surface area contributed by atoms with Gasteiger partial charge >= 0.3 is 0 Å². The molecule has 0 bridgehead atoms. The molecule has 5 heterocycles. The van der Waals surface area contributed by atoms with Crippen LogP contribution in [0.5, 0.6) is 5.75 Å². The Balaban J connectivity index is 1.47. The summed E-state index contributed by atoms with van der Waals surface area (Å²) >= 11 is 0. The number of aromatic nitrogens is 3. The number of hydrogen-bond donors (Lipinski definition) is 0. The van der Waals surface area contributed by atoms with E-state index in [1.54, 1.807) is 0 Å². The van der Waals surface area contributed by atoms with Gasteiger partial charge in [0.05, 0.1) is 19.4 Å². The van der Waals surface area contributed by atoms with E-state index >= 15 is 0 Å². The number of hydrogen-bond acceptors (Lipinski definition) is 5. The number of anilines is 1. The van der Waals surface area contributed by atoms with E-state index in [0.29, 0.717) is 36.3 Å². The molecule has 44 heavy (non-hydrogen) atoms. The van der Waals surface area contributed by atoms with E-state index in [1.807, 2.05) is 35.6 Å². The van der Waals surface area contributed by atoms with Crippen LogP contribution in [-0.2, 0) is 9.53 Å². The number of carbonyl (C=O) groups is 1. The van der Waals surface area contributed by atoms with Crippen molar-refractivity contribution < 1.29 is 14.3 Å². The van der Waals surface area contributed by atoms with E-state index in [-0.39, 0.29) is 12.0 Å². The highest BCUT2D eigenvalue weighted by Gasteiger charge is 2.46. The fourth-order valence-corrected chi connectivity index (χ4v) is 14.6. The predicted molar refractivity (Wildman–Crippen MR) is 181 cm³/mol. The lowest BCUT2D eigenvalue weighted by atomic mass is 9.99. The van der Waals surface area contributed by atoms with E-state index in [9.17, 15) is 4.79 Å². The standard InChI is InChI=1S/C36H46N4O3Si/c1-24(2)44(25(3)4,26(5)6)40-17-13-32-35(33(23-38-36(32)40)43-31-14-18-42-19-15-31)29-20-28(21-37-22-29)27-9-11-30(12-10-27)39-16-7-8-34(39)41/h9-13,17,20-26,31H,7-8,14-16,18-19H2,1-6H3. The van der Waals surface area contributed by atoms with Crippen LogP contribution in [0.2, 0.25) is 16.6 Å². The normalized spacial score (nSPS) is 16.7. The fraction of sp³-hybridized carbons (Fsp3) is 0.472. The molecule has 1 aromatic carbocycles. The van der Waals surface area contributed by atoms with Crippen LogP contribution in [0.4, 0.5) is 5.69 Å². The molecular formula is C36H46N4O3Si. The van der Waals surface area contributed by atoms with Gasteiger partial charge in [-0.2, -0.15) is 0 Å². The molecule has 0 saturated carbocycles. The average molecular weight is 611 g/mol. The molecule has 6 rings (SSSR count). The minimum absolute atomic E-state index is 0.0938. The van der Waals surface area contributed by atoms with Crippen LogP contribution in [0.15, 0.2) is 61.2 Å². The smallest absolute Gasteiger partial charge is 0.227 e. The second kappa shape index (κ2) is 12.5. The Labute approximate surface area is 262 Å². The average Bonchev–Trinajstić information content (AvgIpc) is 3.64. The summed E-state index contributed by atoms with van der Waals surface area (Å²) in [6.07, 6.45) is 11.5. The SMILES string of the molecule is CC(C)[Si](C(C)C)(C(C)C)n1ccc2c(-c3cncc(-c4ccc(N5CCCC5=O)cc4)c3)c(OC3CCOCC3)cnc21. The summed E-state index contributed by atoms with van der Waals surface area (Å²) in [4.78, 5) is 24.0. The molecule has 0 atom stereocenters. The Kier molecular flexibility index (Phi) is 8.66. The topological polar surface area (TPSA) is 69.5 Å². The monoisotopic (exact) mass is 610 g/mol. The van der Waals surface area contributed by atoms with Crippen molar-refractivity contribution in [2.75, 3.05) is 24.7 Å². The lowest BCUT2D eigenvalue weighted by Crippen LogP contribution is -2.51. The molecule has 0 unspecified atom stereocenters. The van der Waals surface area contributed by atoms with Crippen molar-refractivity contribution in [2.45, 2.75) is 90.0 Å². The van der Waals surface area contributed by atoms with Crippen molar-refractivity contribution in [3.8, 4) is 28.0 Å². The van der Waals surface area contributed by atoms with Crippen molar-refractivity contribution in [2.24, 2.45) is 0 Å². The number of carbonyl (C=O) groups excluding carboxylic acids is 1. The van der Waals surface area contributed by atoms with Crippen molar-refractivity contribution in [3.63, 3.8) is 0 Å². The lowest BCUT2D eigenvalue weighted by Gasteiger charge is -2.44. The third-order valence-electron chi connectivity index (χ3n) is 9.95. The van der Waals surface area contributed by atoms with Gasteiger partial charge in [0.2, 0.25) is 5.91 Å². The quantitative estimate of drug-likeness (QED) is 0.178. The van der Waals surface area contributed by atoms with Gasteiger partial charge in [-0.05, 0) is 59.1 Å². The molecule has 3 aromatic heterocycles. The van der Waals surface area contributed by atoms with Crippen LogP contribution < -0.4 is 9.64 Å². The number of rotatable bonds is 9. The molecule has 4 aromatic rings. The summed E-state index contributed by atoms with van der Waals surface area (Å²) in [5, 5.41) is 1.11. The summed E-state index contributed by atoms with van der Waals surface area (Å²) in [6, 6.07) is 12.7. The Bertz CT molecular complexity index is 1600. The Morgan fingerprint density at radius 1 is 0.886 bits per heavy atom. The second-order valence-corrected chi connectivity index (χ2v) is 19.1. The molecule has 0 aliphatic carbocycles. The summed E-state index contributed by atoms with van der Waals surface area (Å²) in [5.41, 5.74) is 7.78. The number of fused-ring (bicyclic) bond motifs is 1. The van der Waals surface area contributed by atoms with Gasteiger partial charge in [-0.1, -0.05) is 53.7 Å². The van der Waals surface area contributed by atoms with Crippen molar-refractivity contribution in [1.82, 2.24) is 14.2 Å². The number of pyridine rings is 2. The number of amides is 1. The molecule has 0 N–H and O–H groups in total. The van der Waals surface area contributed by atoms with E-state index in [2.05, 4.69) is 76.2 Å². The van der Waals surface area contributed by atoms with Gasteiger partial charge in [-0.25, -0.2) is 4.98 Å². The van der Waals surface area contributed by atoms with Gasteiger partial charge in [0.1, 0.15) is 17.5 Å². The van der Waals surface area contributed by atoms with E-state index < -0.39 is 8.24 Å². The van der Waals surface area contributed by atoms with E-state index in [4.69, 9.17) is 19.4 Å². The van der Waals surface area contributed by atoms with Crippen LogP contribution in [0.3, 0.4) is 0 Å². The van der Waals surface area contributed by atoms with Crippen LogP contribution in [0, 0.1) is 0 Å². The third-order valence-corrected chi connectivity index (χ3v) is 16.7. The highest BCUT2D eigenvalue weighted by molar-refractivity contribution is 6.82. The Morgan fingerprint density at radius 3 is 2.20 bits per heavy atom. The predicted octanol–water partition coefficient (Wildman–Crippen LogP) is 8.47. The third kappa shape index (κ3) is 5.36. The molecule has 232 valence electrons. The zero-order chi connectivity index (χ0) is 31.0. The molecule has 2 aliphatic heterocycles. The first-order valence-electron chi connectivity index (χ1n) is 16.3. The highest BCUT2D eigenvalue weighted by Crippen LogP contribution is 2.46. The number of nitrogens with zero attached hydrogens (tertiary/aromatic N) is 4. The first kappa shape index (κ1) is 30.5. The molecule has 0 radical (unpaired) electrons. The van der Waals surface area contributed by atoms with Gasteiger partial charge in [0, 0.05) is 66.0 Å². The molecule has 2 aliphatic rings. The van der Waals surface area contributed by atoms with Gasteiger partial charge < -0.3 is 18.6 Å². The highest BCUT2D eigenvalue weighted by atomic mass is 28.3. The van der Waals surface area contributed by atoms with Crippen molar-refractivity contribution in [1.29, 1.82) is 0 Å². The van der Waals surface area contributed by atoms with Crippen LogP contribution >= 0.6 is 0 Å². The van der Waals surface area contributed by atoms with Crippen LogP contribution in [0.25, 0.3) is 33.3 Å². The first-order valence-corrected chi connectivity index (χ1v) is 18.5. The molecule has 8 heteroatoms. The van der Waals surface area contributed by atoms with Crippen LogP contribution in [-0.4, -0.2) is 54.2 Å². The summed E-state index contributed by atoms with van der Waals surface area (Å²) < 4.78 is 14.9. The van der Waals surface area contributed by atoms with Crippen LogP contribution in [0.1, 0.15) is 67.2 Å². The van der Waals surface area contributed by atoms with Crippen molar-refractivity contribution >= 4 is 30.9 Å². The minimum atomic E-state index is -2.03. The van der Waals surface area contributed by atoms with Gasteiger partial charge in [0.15, 0.2) is 8.24 Å². The maximum atomic E-state index is 12.3. The summed E-state index contributed by atoms with van der Waals surface area (Å²) in [6.45, 7) is 16.6. The lowest BCUT2D eigenvalue weighted by molar-refractivity contribution is -0.117. The molecular weight excluding hydrogens is 565 g/mol. The molecule has 2 saturated heterocycles. The fourth-order valence-electron chi connectivity index (χ4n) is 8.06. The minimum Gasteiger partial charge on any atom is -0.488 e. The van der Waals surface area contributed by atoms with Crippen molar-refractivity contribution in [3.05, 3.63) is 61.2 Å². The van der Waals surface area contributed by atoms with E-state index in [1.165, 1.54) is 0 Å². The number of ether oxygens (including phenoxy) is 2. The molecule has 7 nitrogen and oxygen atoms in total. The maximum Gasteiger partial charge on any atom is 0.227 e. The number of benzene rings is 1. The Morgan fingerprint density at radius 2 is 1.57 bits per heavy atom. The Hall–Kier alpha value is -3.49. The molecule has 2 fully saturated rings. The summed E-state index contributed by atoms with van der Waals surface area (Å²) in [7, 11) is -2.03. The molecule has 1 amide bonds. The molecule has 0 spiro atoms. The van der Waals surface area contributed by atoms with Gasteiger partial charge in [0.25, 0.3) is 0 Å². The van der Waals surface area contributed by atoms with Gasteiger partial charge in [-0.15, -0.1) is 0 Å². The summed E-state index contributed by atoms with van der Waals surface area (Å²) in [5.74, 6) is 1.00. The second-order valence-electron chi connectivity index (χ2n) is 13.4. The largest absolute Gasteiger partial charge is 0.488 e.